The Hall–Kier alpha value is -0.650. The lowest BCUT2D eigenvalue weighted by Gasteiger charge is -2.39. The first-order valence-electron chi connectivity index (χ1n) is 5.98. The maximum Gasteiger partial charge on any atom is 0.217 e. The molecule has 0 radical (unpaired) electrons. The van der Waals surface area contributed by atoms with Crippen LogP contribution in [-0.2, 0) is 9.53 Å². The Balaban J connectivity index is 2.57. The Morgan fingerprint density at radius 3 is 2.47 bits per heavy atom. The van der Waals surface area contributed by atoms with Crippen LogP contribution >= 0.6 is 0 Å². The van der Waals surface area contributed by atoms with Crippen molar-refractivity contribution in [3.63, 3.8) is 0 Å². The standard InChI is InChI=1S/C12H23NO4/c1-7(14)13-8-5-9(15)10(17-11(8)16)6-12(2,3)4/h8-11,15-16H,5-6H2,1-4H3,(H,13,14). The summed E-state index contributed by atoms with van der Waals surface area (Å²) in [6.07, 6.45) is -1.10. The molecule has 0 spiro atoms. The smallest absolute Gasteiger partial charge is 0.217 e. The van der Waals surface area contributed by atoms with Gasteiger partial charge in [0.15, 0.2) is 6.29 Å². The number of amides is 1. The van der Waals surface area contributed by atoms with Crippen LogP contribution in [0.25, 0.3) is 0 Å². The molecule has 3 N–H and O–H groups in total. The predicted molar refractivity (Wildman–Crippen MR) is 63.2 cm³/mol. The molecule has 0 aliphatic carbocycles. The number of rotatable bonds is 2. The lowest BCUT2D eigenvalue weighted by atomic mass is 9.85. The van der Waals surface area contributed by atoms with Gasteiger partial charge >= 0.3 is 0 Å². The fraction of sp³-hybridized carbons (Fsp3) is 0.917. The molecule has 1 aliphatic heterocycles. The highest BCUT2D eigenvalue weighted by atomic mass is 16.6. The van der Waals surface area contributed by atoms with E-state index in [1.807, 2.05) is 0 Å². The van der Waals surface area contributed by atoms with Gasteiger partial charge in [-0.15, -0.1) is 0 Å². The van der Waals surface area contributed by atoms with E-state index < -0.39 is 18.4 Å². The fourth-order valence-corrected chi connectivity index (χ4v) is 2.07. The van der Waals surface area contributed by atoms with E-state index in [-0.39, 0.29) is 17.4 Å². The van der Waals surface area contributed by atoms with Crippen molar-refractivity contribution in [2.75, 3.05) is 0 Å². The topological polar surface area (TPSA) is 78.8 Å². The third-order valence-corrected chi connectivity index (χ3v) is 2.79. The van der Waals surface area contributed by atoms with E-state index in [1.54, 1.807) is 0 Å². The summed E-state index contributed by atoms with van der Waals surface area (Å²) in [6, 6.07) is -0.529. The van der Waals surface area contributed by atoms with Crippen molar-refractivity contribution in [1.29, 1.82) is 0 Å². The maximum atomic E-state index is 10.9. The Bertz CT molecular complexity index is 274. The molecule has 0 aromatic heterocycles. The second-order valence-corrected chi connectivity index (χ2v) is 5.94. The van der Waals surface area contributed by atoms with Crippen molar-refractivity contribution >= 4 is 5.91 Å². The minimum Gasteiger partial charge on any atom is -0.390 e. The van der Waals surface area contributed by atoms with Crippen molar-refractivity contribution in [3.05, 3.63) is 0 Å². The Morgan fingerprint density at radius 2 is 2.00 bits per heavy atom. The molecule has 1 fully saturated rings. The zero-order valence-electron chi connectivity index (χ0n) is 10.9. The molecule has 17 heavy (non-hydrogen) atoms. The molecule has 0 aromatic rings. The highest BCUT2D eigenvalue weighted by Crippen LogP contribution is 2.29. The van der Waals surface area contributed by atoms with Crippen molar-refractivity contribution in [2.24, 2.45) is 5.41 Å². The molecule has 5 nitrogen and oxygen atoms in total. The van der Waals surface area contributed by atoms with E-state index in [9.17, 15) is 15.0 Å². The first kappa shape index (κ1) is 14.4. The molecule has 1 amide bonds. The molecule has 100 valence electrons. The maximum absolute atomic E-state index is 10.9. The average molecular weight is 245 g/mol. The van der Waals surface area contributed by atoms with Gasteiger partial charge in [-0.1, -0.05) is 20.8 Å². The van der Waals surface area contributed by atoms with E-state index in [2.05, 4.69) is 26.1 Å². The summed E-state index contributed by atoms with van der Waals surface area (Å²) in [5.74, 6) is -0.237. The number of nitrogens with one attached hydrogen (secondary N) is 1. The molecule has 5 heteroatoms. The molecule has 4 atom stereocenters. The van der Waals surface area contributed by atoms with Gasteiger partial charge in [-0.3, -0.25) is 4.79 Å². The third-order valence-electron chi connectivity index (χ3n) is 2.79. The summed E-state index contributed by atoms with van der Waals surface area (Å²) in [7, 11) is 0. The number of carbonyl (C=O) groups excluding carboxylic acids is 1. The summed E-state index contributed by atoms with van der Waals surface area (Å²) in [4.78, 5) is 10.9. The van der Waals surface area contributed by atoms with Crippen LogP contribution in [-0.4, -0.2) is 40.7 Å². The summed E-state index contributed by atoms with van der Waals surface area (Å²) in [5, 5.41) is 22.3. The van der Waals surface area contributed by atoms with Gasteiger partial charge in [-0.25, -0.2) is 0 Å². The molecule has 1 heterocycles. The van der Waals surface area contributed by atoms with Gasteiger partial charge in [0, 0.05) is 13.3 Å². The molecular weight excluding hydrogens is 222 g/mol. The molecule has 1 rings (SSSR count). The zero-order valence-corrected chi connectivity index (χ0v) is 10.9. The van der Waals surface area contributed by atoms with Gasteiger partial charge in [-0.2, -0.15) is 0 Å². The molecule has 1 saturated heterocycles. The first-order valence-corrected chi connectivity index (χ1v) is 5.98. The first-order chi connectivity index (χ1) is 7.69. The largest absolute Gasteiger partial charge is 0.390 e. The lowest BCUT2D eigenvalue weighted by Crippen LogP contribution is -2.54. The van der Waals surface area contributed by atoms with Crippen LogP contribution in [0.5, 0.6) is 0 Å². The van der Waals surface area contributed by atoms with Crippen molar-refractivity contribution in [1.82, 2.24) is 5.32 Å². The van der Waals surface area contributed by atoms with Gasteiger partial charge in [0.1, 0.15) is 0 Å². The van der Waals surface area contributed by atoms with Gasteiger partial charge in [0.05, 0.1) is 18.2 Å². The highest BCUT2D eigenvalue weighted by molar-refractivity contribution is 5.73. The quantitative estimate of drug-likeness (QED) is 0.658. The van der Waals surface area contributed by atoms with Crippen LogP contribution in [0.2, 0.25) is 0 Å². The number of aliphatic hydroxyl groups is 2. The predicted octanol–water partition coefficient (Wildman–Crippen LogP) is 0.395. The summed E-state index contributed by atoms with van der Waals surface area (Å²) in [6.45, 7) is 7.53. The van der Waals surface area contributed by atoms with Crippen molar-refractivity contribution in [2.45, 2.75) is 65.1 Å². The van der Waals surface area contributed by atoms with E-state index in [1.165, 1.54) is 6.92 Å². The van der Waals surface area contributed by atoms with Gasteiger partial charge in [-0.05, 0) is 11.8 Å². The van der Waals surface area contributed by atoms with E-state index >= 15 is 0 Å². The number of hydrogen-bond donors (Lipinski definition) is 3. The Kier molecular flexibility index (Phi) is 4.52. The minimum atomic E-state index is -1.05. The van der Waals surface area contributed by atoms with Crippen molar-refractivity contribution < 1.29 is 19.7 Å². The second-order valence-electron chi connectivity index (χ2n) is 5.94. The minimum absolute atomic E-state index is 0.0200. The molecule has 4 unspecified atom stereocenters. The van der Waals surface area contributed by atoms with Gasteiger partial charge in [0.2, 0.25) is 5.91 Å². The van der Waals surface area contributed by atoms with Crippen LogP contribution in [0.1, 0.15) is 40.5 Å². The summed E-state index contributed by atoms with van der Waals surface area (Å²) in [5.41, 5.74) is 0.0200. The number of ether oxygens (including phenoxy) is 1. The van der Waals surface area contributed by atoms with E-state index in [0.29, 0.717) is 12.8 Å². The van der Waals surface area contributed by atoms with Crippen LogP contribution in [0.15, 0.2) is 0 Å². The van der Waals surface area contributed by atoms with Crippen molar-refractivity contribution in [3.8, 4) is 0 Å². The summed E-state index contributed by atoms with van der Waals surface area (Å²) < 4.78 is 5.38. The molecule has 0 saturated carbocycles. The summed E-state index contributed by atoms with van der Waals surface area (Å²) >= 11 is 0. The lowest BCUT2D eigenvalue weighted by molar-refractivity contribution is -0.219. The SMILES string of the molecule is CC(=O)NC1CC(O)C(CC(C)(C)C)OC1O. The Morgan fingerprint density at radius 1 is 1.41 bits per heavy atom. The highest BCUT2D eigenvalue weighted by Gasteiger charge is 2.38. The van der Waals surface area contributed by atoms with Crippen LogP contribution in [0.4, 0.5) is 0 Å². The van der Waals surface area contributed by atoms with Crippen LogP contribution in [0.3, 0.4) is 0 Å². The van der Waals surface area contributed by atoms with E-state index in [0.717, 1.165) is 0 Å². The fourth-order valence-electron chi connectivity index (χ4n) is 2.07. The van der Waals surface area contributed by atoms with Crippen LogP contribution < -0.4 is 5.32 Å². The second kappa shape index (κ2) is 5.33. The number of aliphatic hydroxyl groups excluding tert-OH is 2. The number of hydrogen-bond acceptors (Lipinski definition) is 4. The number of carbonyl (C=O) groups is 1. The monoisotopic (exact) mass is 245 g/mol. The molecule has 0 bridgehead atoms. The van der Waals surface area contributed by atoms with Gasteiger partial charge < -0.3 is 20.3 Å². The normalized spacial score (nSPS) is 34.5. The molecule has 1 aliphatic rings. The van der Waals surface area contributed by atoms with E-state index in [4.69, 9.17) is 4.74 Å². The molecular formula is C12H23NO4. The Labute approximate surface area is 102 Å². The van der Waals surface area contributed by atoms with Crippen LogP contribution in [0, 0.1) is 5.41 Å². The third kappa shape index (κ3) is 4.61. The van der Waals surface area contributed by atoms with Gasteiger partial charge in [0.25, 0.3) is 0 Å². The zero-order chi connectivity index (χ0) is 13.2. The molecule has 0 aromatic carbocycles. The average Bonchev–Trinajstić information content (AvgIpc) is 2.10.